The number of amides is 3. The highest BCUT2D eigenvalue weighted by molar-refractivity contribution is 6.30. The van der Waals surface area contributed by atoms with Crippen LogP contribution in [-0.4, -0.2) is 73.0 Å². The molecule has 0 spiro atoms. The fraction of sp³-hybridized carbons (Fsp3) is 0.550. The summed E-state index contributed by atoms with van der Waals surface area (Å²) in [4.78, 5) is 43.6. The van der Waals surface area contributed by atoms with Crippen molar-refractivity contribution in [3.8, 4) is 0 Å². The number of carbonyl (C=O) groups is 3. The SMILES string of the molecule is O=C1CC(N(CCN2CCOCC2)C(=O)C2CC2)C(=O)N1c1ccc(Cl)cc1. The molecule has 3 fully saturated rings. The number of anilines is 1. The molecule has 150 valence electrons. The Morgan fingerprint density at radius 3 is 2.46 bits per heavy atom. The van der Waals surface area contributed by atoms with E-state index >= 15 is 0 Å². The highest BCUT2D eigenvalue weighted by Gasteiger charge is 2.46. The molecule has 0 bridgehead atoms. The zero-order valence-corrected chi connectivity index (χ0v) is 16.4. The molecule has 1 unspecified atom stereocenters. The van der Waals surface area contributed by atoms with Gasteiger partial charge in [-0.1, -0.05) is 11.6 Å². The normalized spacial score (nSPS) is 23.3. The molecule has 1 aromatic rings. The van der Waals surface area contributed by atoms with E-state index in [1.165, 1.54) is 4.90 Å². The number of hydrogen-bond donors (Lipinski definition) is 0. The Hall–Kier alpha value is -1.96. The summed E-state index contributed by atoms with van der Waals surface area (Å²) in [7, 11) is 0. The van der Waals surface area contributed by atoms with Crippen LogP contribution < -0.4 is 4.90 Å². The van der Waals surface area contributed by atoms with E-state index in [4.69, 9.17) is 16.3 Å². The molecule has 2 saturated heterocycles. The molecule has 0 N–H and O–H groups in total. The summed E-state index contributed by atoms with van der Waals surface area (Å²) >= 11 is 5.91. The Morgan fingerprint density at radius 2 is 1.82 bits per heavy atom. The number of morpholine rings is 1. The lowest BCUT2D eigenvalue weighted by Gasteiger charge is -2.32. The van der Waals surface area contributed by atoms with E-state index in [2.05, 4.69) is 4.90 Å². The summed E-state index contributed by atoms with van der Waals surface area (Å²) in [6.07, 6.45) is 1.76. The largest absolute Gasteiger partial charge is 0.379 e. The molecule has 3 amide bonds. The van der Waals surface area contributed by atoms with Crippen molar-refractivity contribution < 1.29 is 19.1 Å². The lowest BCUT2D eigenvalue weighted by atomic mass is 10.1. The molecule has 2 heterocycles. The van der Waals surface area contributed by atoms with Crippen LogP contribution in [0, 0.1) is 5.92 Å². The molecule has 7 nitrogen and oxygen atoms in total. The number of benzene rings is 1. The number of imide groups is 1. The third-order valence-electron chi connectivity index (χ3n) is 5.55. The maximum Gasteiger partial charge on any atom is 0.257 e. The summed E-state index contributed by atoms with van der Waals surface area (Å²) in [5.74, 6) is -0.616. The summed E-state index contributed by atoms with van der Waals surface area (Å²) in [5.41, 5.74) is 0.494. The fourth-order valence-electron chi connectivity index (χ4n) is 3.78. The van der Waals surface area contributed by atoms with Gasteiger partial charge < -0.3 is 9.64 Å². The standard InChI is InChI=1S/C20H24ClN3O4/c21-15-3-5-16(6-4-15)24-18(25)13-17(20(24)27)23(19(26)14-1-2-14)8-7-22-9-11-28-12-10-22/h3-6,14,17H,1-2,7-13H2. The van der Waals surface area contributed by atoms with Crippen LogP contribution in [0.5, 0.6) is 0 Å². The molecule has 1 atom stereocenters. The van der Waals surface area contributed by atoms with Crippen molar-refractivity contribution in [2.24, 2.45) is 5.92 Å². The van der Waals surface area contributed by atoms with Crippen LogP contribution in [0.2, 0.25) is 5.02 Å². The van der Waals surface area contributed by atoms with E-state index in [0.29, 0.717) is 37.0 Å². The van der Waals surface area contributed by atoms with Gasteiger partial charge in [-0.2, -0.15) is 0 Å². The lowest BCUT2D eigenvalue weighted by Crippen LogP contribution is -2.50. The van der Waals surface area contributed by atoms with Gasteiger partial charge in [0.15, 0.2) is 0 Å². The molecular formula is C20H24ClN3O4. The van der Waals surface area contributed by atoms with Crippen LogP contribution in [0.3, 0.4) is 0 Å². The van der Waals surface area contributed by atoms with Crippen LogP contribution in [0.4, 0.5) is 5.69 Å². The molecule has 2 aliphatic heterocycles. The van der Waals surface area contributed by atoms with Crippen molar-refractivity contribution in [2.75, 3.05) is 44.3 Å². The van der Waals surface area contributed by atoms with Gasteiger partial charge in [0.1, 0.15) is 6.04 Å². The first-order chi connectivity index (χ1) is 13.5. The summed E-state index contributed by atoms with van der Waals surface area (Å²) in [6, 6.07) is 5.88. The molecule has 1 aromatic carbocycles. The predicted molar refractivity (Wildman–Crippen MR) is 104 cm³/mol. The average molecular weight is 406 g/mol. The van der Waals surface area contributed by atoms with Gasteiger partial charge in [0.25, 0.3) is 5.91 Å². The van der Waals surface area contributed by atoms with Gasteiger partial charge >= 0.3 is 0 Å². The maximum atomic E-state index is 13.1. The highest BCUT2D eigenvalue weighted by atomic mass is 35.5. The fourth-order valence-corrected chi connectivity index (χ4v) is 3.91. The zero-order valence-electron chi connectivity index (χ0n) is 15.7. The lowest BCUT2D eigenvalue weighted by molar-refractivity contribution is -0.139. The molecule has 4 rings (SSSR count). The molecule has 8 heteroatoms. The van der Waals surface area contributed by atoms with Crippen molar-refractivity contribution in [1.82, 2.24) is 9.80 Å². The minimum atomic E-state index is -0.725. The molecule has 3 aliphatic rings. The first-order valence-electron chi connectivity index (χ1n) is 9.77. The highest BCUT2D eigenvalue weighted by Crippen LogP contribution is 2.34. The molecule has 1 saturated carbocycles. The Bertz CT molecular complexity index is 759. The van der Waals surface area contributed by atoms with Gasteiger partial charge in [0.2, 0.25) is 11.8 Å². The van der Waals surface area contributed by atoms with Gasteiger partial charge in [-0.3, -0.25) is 19.3 Å². The molecule has 28 heavy (non-hydrogen) atoms. The number of rotatable bonds is 6. The summed E-state index contributed by atoms with van der Waals surface area (Å²) < 4.78 is 5.37. The van der Waals surface area contributed by atoms with E-state index < -0.39 is 6.04 Å². The van der Waals surface area contributed by atoms with Gasteiger partial charge in [-0.15, -0.1) is 0 Å². The van der Waals surface area contributed by atoms with Crippen LogP contribution in [0.15, 0.2) is 24.3 Å². The van der Waals surface area contributed by atoms with E-state index in [9.17, 15) is 14.4 Å². The third kappa shape index (κ3) is 4.06. The zero-order chi connectivity index (χ0) is 19.7. The van der Waals surface area contributed by atoms with Gasteiger partial charge in [-0.25, -0.2) is 4.90 Å². The molecule has 0 radical (unpaired) electrons. The number of halogens is 1. The Morgan fingerprint density at radius 1 is 1.14 bits per heavy atom. The summed E-state index contributed by atoms with van der Waals surface area (Å²) in [6.45, 7) is 4.14. The van der Waals surface area contributed by atoms with Crippen molar-refractivity contribution in [3.05, 3.63) is 29.3 Å². The topological polar surface area (TPSA) is 70.2 Å². The molecular weight excluding hydrogens is 382 g/mol. The van der Waals surface area contributed by atoms with Gasteiger partial charge in [0, 0.05) is 37.1 Å². The average Bonchev–Trinajstić information content (AvgIpc) is 3.50. The number of hydrogen-bond acceptors (Lipinski definition) is 5. The maximum absolute atomic E-state index is 13.1. The second-order valence-corrected chi connectivity index (χ2v) is 7.96. The minimum absolute atomic E-state index is 0.00244. The molecule has 0 aromatic heterocycles. The second-order valence-electron chi connectivity index (χ2n) is 7.52. The minimum Gasteiger partial charge on any atom is -0.379 e. The quantitative estimate of drug-likeness (QED) is 0.671. The van der Waals surface area contributed by atoms with E-state index in [1.54, 1.807) is 29.2 Å². The first-order valence-corrected chi connectivity index (χ1v) is 10.2. The van der Waals surface area contributed by atoms with E-state index in [-0.39, 0.29) is 30.1 Å². The monoisotopic (exact) mass is 405 g/mol. The van der Waals surface area contributed by atoms with E-state index in [0.717, 1.165) is 25.9 Å². The Balaban J connectivity index is 1.50. The Labute approximate surface area is 169 Å². The third-order valence-corrected chi connectivity index (χ3v) is 5.81. The number of nitrogens with zero attached hydrogens (tertiary/aromatic N) is 3. The second kappa shape index (κ2) is 8.19. The van der Waals surface area contributed by atoms with Gasteiger partial charge in [-0.05, 0) is 37.1 Å². The Kier molecular flexibility index (Phi) is 5.66. The predicted octanol–water partition coefficient (Wildman–Crippen LogP) is 1.54. The van der Waals surface area contributed by atoms with Crippen molar-refractivity contribution in [1.29, 1.82) is 0 Å². The van der Waals surface area contributed by atoms with Crippen LogP contribution >= 0.6 is 11.6 Å². The van der Waals surface area contributed by atoms with Crippen LogP contribution in [0.1, 0.15) is 19.3 Å². The van der Waals surface area contributed by atoms with Crippen LogP contribution in [-0.2, 0) is 19.1 Å². The summed E-state index contributed by atoms with van der Waals surface area (Å²) in [5, 5.41) is 0.537. The molecule has 1 aliphatic carbocycles. The van der Waals surface area contributed by atoms with Crippen molar-refractivity contribution in [2.45, 2.75) is 25.3 Å². The first kappa shape index (κ1) is 19.4. The van der Waals surface area contributed by atoms with Gasteiger partial charge in [0.05, 0.1) is 25.3 Å². The van der Waals surface area contributed by atoms with E-state index in [1.807, 2.05) is 0 Å². The van der Waals surface area contributed by atoms with Crippen LogP contribution in [0.25, 0.3) is 0 Å². The number of carbonyl (C=O) groups excluding carboxylic acids is 3. The van der Waals surface area contributed by atoms with Crippen molar-refractivity contribution >= 4 is 35.0 Å². The smallest absolute Gasteiger partial charge is 0.257 e. The van der Waals surface area contributed by atoms with Crippen molar-refractivity contribution in [3.63, 3.8) is 0 Å². The number of ether oxygens (including phenoxy) is 1.